The predicted octanol–water partition coefficient (Wildman–Crippen LogP) is 0.801. The van der Waals surface area contributed by atoms with Gasteiger partial charge in [-0.15, -0.1) is 0 Å². The molecule has 1 heterocycles. The van der Waals surface area contributed by atoms with Crippen LogP contribution in [0.1, 0.15) is 33.1 Å². The molecule has 1 aliphatic heterocycles. The summed E-state index contributed by atoms with van der Waals surface area (Å²) in [7, 11) is 1.61. The molecule has 1 spiro atoms. The van der Waals surface area contributed by atoms with Crippen LogP contribution in [0.15, 0.2) is 12.7 Å². The largest absolute Gasteiger partial charge is 0.368 e. The normalized spacial score (nSPS) is 20.5. The van der Waals surface area contributed by atoms with Gasteiger partial charge in [-0.2, -0.15) is 0 Å². The molecule has 2 rings (SSSR count). The van der Waals surface area contributed by atoms with Gasteiger partial charge in [0.15, 0.2) is 0 Å². The number of nitrogens with zero attached hydrogens (tertiary/aromatic N) is 3. The van der Waals surface area contributed by atoms with Crippen LogP contribution in [-0.2, 0) is 9.59 Å². The highest BCUT2D eigenvalue weighted by molar-refractivity contribution is 5.88. The van der Waals surface area contributed by atoms with Crippen LogP contribution in [-0.4, -0.2) is 70.8 Å². The number of carbonyl (C=O) groups is 3. The van der Waals surface area contributed by atoms with Gasteiger partial charge in [-0.3, -0.25) is 9.59 Å². The van der Waals surface area contributed by atoms with Crippen LogP contribution in [0.3, 0.4) is 0 Å². The molecule has 2 fully saturated rings. The molecule has 0 unspecified atom stereocenters. The third-order valence-electron chi connectivity index (χ3n) is 5.19. The predicted molar refractivity (Wildman–Crippen MR) is 91.0 cm³/mol. The fraction of sp³-hybridized carbons (Fsp3) is 0.706. The molecule has 1 aliphatic carbocycles. The first-order valence-electron chi connectivity index (χ1n) is 8.48. The highest BCUT2D eigenvalue weighted by Crippen LogP contribution is 2.46. The molecule has 0 bridgehead atoms. The van der Waals surface area contributed by atoms with Crippen LogP contribution in [0.25, 0.3) is 0 Å². The van der Waals surface area contributed by atoms with E-state index in [0.29, 0.717) is 19.6 Å². The van der Waals surface area contributed by atoms with Crippen molar-refractivity contribution < 1.29 is 14.4 Å². The summed E-state index contributed by atoms with van der Waals surface area (Å²) in [5, 5.41) is 0. The van der Waals surface area contributed by atoms with Gasteiger partial charge in [0.25, 0.3) is 0 Å². The molecule has 1 atom stereocenters. The lowest BCUT2D eigenvalue weighted by Crippen LogP contribution is -2.53. The van der Waals surface area contributed by atoms with Crippen molar-refractivity contribution in [2.75, 3.05) is 26.7 Å². The zero-order valence-corrected chi connectivity index (χ0v) is 14.8. The quantitative estimate of drug-likeness (QED) is 0.771. The molecule has 0 aromatic rings. The maximum atomic E-state index is 12.8. The Morgan fingerprint density at radius 3 is 2.25 bits per heavy atom. The number of hydrogen-bond donors (Lipinski definition) is 1. The number of amides is 4. The van der Waals surface area contributed by atoms with Crippen molar-refractivity contribution in [3.8, 4) is 0 Å². The SMILES string of the molecule is C=CC(=O)N1CCN(C(=O)N(C)[C@H](C(N)=O)C(C)C)CCC12CC2. The zero-order chi connectivity index (χ0) is 18.1. The van der Waals surface area contributed by atoms with Crippen molar-refractivity contribution in [3.05, 3.63) is 12.7 Å². The minimum Gasteiger partial charge on any atom is -0.368 e. The first kappa shape index (κ1) is 18.3. The van der Waals surface area contributed by atoms with Gasteiger partial charge in [0.05, 0.1) is 0 Å². The summed E-state index contributed by atoms with van der Waals surface area (Å²) in [6, 6.07) is -0.849. The average molecular weight is 336 g/mol. The summed E-state index contributed by atoms with van der Waals surface area (Å²) in [5.74, 6) is -0.637. The Bertz CT molecular complexity index is 542. The van der Waals surface area contributed by atoms with Crippen LogP contribution in [0.5, 0.6) is 0 Å². The Hall–Kier alpha value is -2.05. The number of urea groups is 1. The Morgan fingerprint density at radius 2 is 1.79 bits per heavy atom. The summed E-state index contributed by atoms with van der Waals surface area (Å²) in [4.78, 5) is 41.6. The van der Waals surface area contributed by atoms with E-state index >= 15 is 0 Å². The monoisotopic (exact) mass is 336 g/mol. The van der Waals surface area contributed by atoms with Gasteiger partial charge in [0.1, 0.15) is 6.04 Å². The van der Waals surface area contributed by atoms with Crippen LogP contribution in [0, 0.1) is 5.92 Å². The lowest BCUT2D eigenvalue weighted by atomic mass is 10.0. The number of nitrogens with two attached hydrogens (primary N) is 1. The number of primary amides is 1. The van der Waals surface area contributed by atoms with Crippen LogP contribution >= 0.6 is 0 Å². The Morgan fingerprint density at radius 1 is 1.17 bits per heavy atom. The molecule has 2 aliphatic rings. The van der Waals surface area contributed by atoms with Crippen molar-refractivity contribution >= 4 is 17.8 Å². The van der Waals surface area contributed by atoms with E-state index in [4.69, 9.17) is 5.73 Å². The van der Waals surface area contributed by atoms with E-state index in [1.54, 1.807) is 11.9 Å². The molecule has 134 valence electrons. The molecule has 7 nitrogen and oxygen atoms in total. The molecule has 0 aromatic heterocycles. The van der Waals surface area contributed by atoms with Gasteiger partial charge >= 0.3 is 6.03 Å². The highest BCUT2D eigenvalue weighted by atomic mass is 16.2. The van der Waals surface area contributed by atoms with E-state index in [9.17, 15) is 14.4 Å². The zero-order valence-electron chi connectivity index (χ0n) is 14.8. The number of hydrogen-bond acceptors (Lipinski definition) is 3. The smallest absolute Gasteiger partial charge is 0.320 e. The fourth-order valence-corrected chi connectivity index (χ4v) is 3.67. The fourth-order valence-electron chi connectivity index (χ4n) is 3.67. The van der Waals surface area contributed by atoms with Gasteiger partial charge in [0, 0.05) is 32.2 Å². The van der Waals surface area contributed by atoms with Crippen LogP contribution in [0.2, 0.25) is 0 Å². The topological polar surface area (TPSA) is 87.0 Å². The lowest BCUT2D eigenvalue weighted by molar-refractivity contribution is -0.128. The molecule has 7 heteroatoms. The molecule has 4 amide bonds. The van der Waals surface area contributed by atoms with E-state index in [2.05, 4.69) is 6.58 Å². The first-order valence-corrected chi connectivity index (χ1v) is 8.48. The Labute approximate surface area is 143 Å². The van der Waals surface area contributed by atoms with Crippen molar-refractivity contribution in [1.82, 2.24) is 14.7 Å². The molecule has 1 saturated carbocycles. The van der Waals surface area contributed by atoms with Crippen molar-refractivity contribution in [2.45, 2.75) is 44.7 Å². The van der Waals surface area contributed by atoms with Gasteiger partial charge in [-0.05, 0) is 31.3 Å². The second-order valence-electron chi connectivity index (χ2n) is 7.14. The number of carbonyl (C=O) groups excluding carboxylic acids is 3. The van der Waals surface area contributed by atoms with Gasteiger partial charge in [0.2, 0.25) is 11.8 Å². The van der Waals surface area contributed by atoms with Gasteiger partial charge < -0.3 is 20.4 Å². The minimum absolute atomic E-state index is 0.0583. The van der Waals surface area contributed by atoms with Crippen LogP contribution in [0.4, 0.5) is 4.79 Å². The second-order valence-corrected chi connectivity index (χ2v) is 7.14. The maximum absolute atomic E-state index is 12.8. The number of likely N-dealkylation sites (N-methyl/N-ethyl adjacent to an activating group) is 1. The highest BCUT2D eigenvalue weighted by Gasteiger charge is 2.51. The first-order chi connectivity index (χ1) is 11.2. The van der Waals surface area contributed by atoms with E-state index < -0.39 is 11.9 Å². The maximum Gasteiger partial charge on any atom is 0.320 e. The Kier molecular flexibility index (Phi) is 5.20. The van der Waals surface area contributed by atoms with E-state index in [-0.39, 0.29) is 23.4 Å². The third kappa shape index (κ3) is 3.39. The molecule has 1 saturated heterocycles. The standard InChI is InChI=1S/C17H28N4O3/c1-5-13(22)21-11-10-20(9-8-17(21)6-7-17)16(24)19(4)14(12(2)3)15(18)23/h5,12,14H,1,6-11H2,2-4H3,(H2,18,23)/t14-/m0/s1. The molecule has 2 N–H and O–H groups in total. The second kappa shape index (κ2) is 6.83. The molecule has 0 radical (unpaired) electrons. The average Bonchev–Trinajstić information content (AvgIpc) is 3.31. The summed E-state index contributed by atoms with van der Waals surface area (Å²) >= 11 is 0. The van der Waals surface area contributed by atoms with Crippen molar-refractivity contribution in [3.63, 3.8) is 0 Å². The molecule has 24 heavy (non-hydrogen) atoms. The van der Waals surface area contributed by atoms with E-state index in [1.807, 2.05) is 18.7 Å². The Balaban J connectivity index is 2.10. The summed E-state index contributed by atoms with van der Waals surface area (Å²) < 4.78 is 0. The number of rotatable bonds is 4. The summed E-state index contributed by atoms with van der Waals surface area (Å²) in [5.41, 5.74) is 5.34. The summed E-state index contributed by atoms with van der Waals surface area (Å²) in [6.07, 6.45) is 4.04. The van der Waals surface area contributed by atoms with E-state index in [1.165, 1.54) is 11.0 Å². The van der Waals surface area contributed by atoms with Gasteiger partial charge in [-0.25, -0.2) is 4.79 Å². The molecule has 0 aromatic carbocycles. The minimum atomic E-state index is -0.637. The summed E-state index contributed by atoms with van der Waals surface area (Å²) in [6.45, 7) is 8.83. The molecular weight excluding hydrogens is 308 g/mol. The van der Waals surface area contributed by atoms with Crippen LogP contribution < -0.4 is 5.73 Å². The van der Waals surface area contributed by atoms with E-state index in [0.717, 1.165) is 19.3 Å². The third-order valence-corrected chi connectivity index (χ3v) is 5.19. The van der Waals surface area contributed by atoms with Crippen molar-refractivity contribution in [2.24, 2.45) is 11.7 Å². The lowest BCUT2D eigenvalue weighted by Gasteiger charge is -2.33. The van der Waals surface area contributed by atoms with Gasteiger partial charge in [-0.1, -0.05) is 20.4 Å². The molecular formula is C17H28N4O3. The van der Waals surface area contributed by atoms with Crippen molar-refractivity contribution in [1.29, 1.82) is 0 Å².